The maximum absolute atomic E-state index is 11.7. The zero-order valence-corrected chi connectivity index (χ0v) is 9.06. The Morgan fingerprint density at radius 3 is 2.76 bits per heavy atom. The quantitative estimate of drug-likeness (QED) is 0.732. The van der Waals surface area contributed by atoms with E-state index in [1.807, 2.05) is 0 Å². The lowest BCUT2D eigenvalue weighted by Crippen LogP contribution is -2.11. The van der Waals surface area contributed by atoms with Crippen molar-refractivity contribution in [3.63, 3.8) is 0 Å². The van der Waals surface area contributed by atoms with Gasteiger partial charge in [0.15, 0.2) is 0 Å². The number of aromatic carboxylic acids is 1. The predicted molar refractivity (Wildman–Crippen MR) is 55.1 cm³/mol. The molecule has 17 heavy (non-hydrogen) atoms. The Bertz CT molecular complexity index is 628. The Balaban J connectivity index is 2.28. The van der Waals surface area contributed by atoms with Gasteiger partial charge in [0, 0.05) is 6.20 Å². The zero-order chi connectivity index (χ0) is 12.5. The maximum Gasteiger partial charge on any atom is 0.371 e. The number of hydrogen-bond donors (Lipinski definition) is 3. The molecule has 0 atom stereocenters. The van der Waals surface area contributed by atoms with Crippen molar-refractivity contribution in [2.24, 2.45) is 0 Å². The normalized spacial score (nSPS) is 11.3. The average molecular weight is 257 g/mol. The maximum atomic E-state index is 11.7. The number of furan rings is 1. The minimum atomic E-state index is -3.94. The molecule has 2 aromatic heterocycles. The number of hydrogen-bond acceptors (Lipinski definition) is 5. The summed E-state index contributed by atoms with van der Waals surface area (Å²) in [7, 11) is -3.94. The lowest BCUT2D eigenvalue weighted by Gasteiger charge is -2.01. The van der Waals surface area contributed by atoms with E-state index in [1.165, 1.54) is 12.4 Å². The van der Waals surface area contributed by atoms with Crippen LogP contribution in [0.2, 0.25) is 0 Å². The third kappa shape index (κ3) is 2.28. The van der Waals surface area contributed by atoms with E-state index in [1.54, 1.807) is 0 Å². The summed E-state index contributed by atoms with van der Waals surface area (Å²) < 4.78 is 30.2. The van der Waals surface area contributed by atoms with Crippen LogP contribution in [-0.2, 0) is 10.0 Å². The summed E-state index contributed by atoms with van der Waals surface area (Å²) in [6.07, 6.45) is 2.59. The summed E-state index contributed by atoms with van der Waals surface area (Å²) >= 11 is 0. The molecule has 0 bridgehead atoms. The number of nitrogens with one attached hydrogen (secondary N) is 2. The number of carboxylic acids is 1. The molecule has 0 unspecified atom stereocenters. The second-order valence-corrected chi connectivity index (χ2v) is 4.63. The fraction of sp³-hybridized carbons (Fsp3) is 0. The molecule has 2 rings (SSSR count). The van der Waals surface area contributed by atoms with Gasteiger partial charge in [0.1, 0.15) is 0 Å². The molecule has 0 fully saturated rings. The summed E-state index contributed by atoms with van der Waals surface area (Å²) in [6, 6.07) is 2.12. The van der Waals surface area contributed by atoms with Gasteiger partial charge >= 0.3 is 5.97 Å². The van der Waals surface area contributed by atoms with Gasteiger partial charge in [-0.3, -0.25) is 9.82 Å². The molecule has 90 valence electrons. The lowest BCUT2D eigenvalue weighted by molar-refractivity contribution is 0.0656. The van der Waals surface area contributed by atoms with Gasteiger partial charge < -0.3 is 9.52 Å². The molecule has 2 aromatic rings. The van der Waals surface area contributed by atoms with Gasteiger partial charge in [-0.2, -0.15) is 13.5 Å². The molecule has 2 heterocycles. The van der Waals surface area contributed by atoms with Crippen LogP contribution in [0.15, 0.2) is 34.0 Å². The number of carboxylic acid groups (broad SMARTS) is 1. The first kappa shape index (κ1) is 11.2. The number of aromatic nitrogens is 2. The molecule has 0 aliphatic carbocycles. The van der Waals surface area contributed by atoms with E-state index in [2.05, 4.69) is 19.3 Å². The van der Waals surface area contributed by atoms with Crippen molar-refractivity contribution >= 4 is 21.7 Å². The summed E-state index contributed by atoms with van der Waals surface area (Å²) in [6.45, 7) is 0. The molecule has 0 radical (unpaired) electrons. The zero-order valence-electron chi connectivity index (χ0n) is 8.25. The molecule has 0 aliphatic rings. The molecular formula is C8H7N3O5S. The second-order valence-electron chi connectivity index (χ2n) is 3.02. The van der Waals surface area contributed by atoms with Crippen LogP contribution in [0.25, 0.3) is 0 Å². The number of rotatable bonds is 4. The minimum Gasteiger partial charge on any atom is -0.475 e. The molecule has 3 N–H and O–H groups in total. The molecule has 0 saturated heterocycles. The largest absolute Gasteiger partial charge is 0.475 e. The van der Waals surface area contributed by atoms with Gasteiger partial charge in [0.2, 0.25) is 10.9 Å². The van der Waals surface area contributed by atoms with Gasteiger partial charge in [-0.05, 0) is 12.1 Å². The fourth-order valence-electron chi connectivity index (χ4n) is 1.09. The van der Waals surface area contributed by atoms with E-state index in [-0.39, 0.29) is 5.69 Å². The predicted octanol–water partition coefficient (Wildman–Crippen LogP) is 0.502. The summed E-state index contributed by atoms with van der Waals surface area (Å²) in [4.78, 5) is 10.5. The highest BCUT2D eigenvalue weighted by Crippen LogP contribution is 2.17. The van der Waals surface area contributed by atoms with Crippen LogP contribution in [0.1, 0.15) is 10.6 Å². The summed E-state index contributed by atoms with van der Waals surface area (Å²) in [5.41, 5.74) is 0.221. The number of carbonyl (C=O) groups is 1. The first-order valence-electron chi connectivity index (χ1n) is 4.34. The van der Waals surface area contributed by atoms with E-state index >= 15 is 0 Å². The van der Waals surface area contributed by atoms with Crippen LogP contribution in [0.5, 0.6) is 0 Å². The van der Waals surface area contributed by atoms with Crippen LogP contribution in [0.3, 0.4) is 0 Å². The Kier molecular flexibility index (Phi) is 2.60. The van der Waals surface area contributed by atoms with Crippen LogP contribution in [0.4, 0.5) is 5.69 Å². The Labute approximate surface area is 95.3 Å². The molecule has 0 aromatic carbocycles. The number of aromatic amines is 1. The molecule has 9 heteroatoms. The van der Waals surface area contributed by atoms with Crippen molar-refractivity contribution in [3.8, 4) is 0 Å². The molecule has 0 aliphatic heterocycles. The Hall–Kier alpha value is -2.29. The first-order valence-corrected chi connectivity index (χ1v) is 5.82. The minimum absolute atomic E-state index is 0.221. The summed E-state index contributed by atoms with van der Waals surface area (Å²) in [5.74, 6) is -1.78. The van der Waals surface area contributed by atoms with Gasteiger partial charge in [0.05, 0.1) is 11.9 Å². The van der Waals surface area contributed by atoms with Crippen molar-refractivity contribution in [1.82, 2.24) is 10.2 Å². The van der Waals surface area contributed by atoms with Crippen LogP contribution < -0.4 is 4.72 Å². The summed E-state index contributed by atoms with van der Waals surface area (Å²) in [5, 5.41) is 14.1. The van der Waals surface area contributed by atoms with Gasteiger partial charge in [0.25, 0.3) is 10.0 Å². The van der Waals surface area contributed by atoms with Crippen LogP contribution in [0, 0.1) is 0 Å². The molecule has 0 spiro atoms. The number of nitrogens with zero attached hydrogens (tertiary/aromatic N) is 1. The fourth-order valence-corrected chi connectivity index (χ4v) is 2.06. The second kappa shape index (κ2) is 3.94. The van der Waals surface area contributed by atoms with Crippen molar-refractivity contribution in [2.75, 3.05) is 4.72 Å². The highest BCUT2D eigenvalue weighted by molar-refractivity contribution is 7.92. The number of sulfonamides is 1. The van der Waals surface area contributed by atoms with Gasteiger partial charge in [-0.25, -0.2) is 4.79 Å². The highest BCUT2D eigenvalue weighted by Gasteiger charge is 2.21. The smallest absolute Gasteiger partial charge is 0.371 e. The van der Waals surface area contributed by atoms with Crippen molar-refractivity contribution in [1.29, 1.82) is 0 Å². The molecule has 8 nitrogen and oxygen atoms in total. The Morgan fingerprint density at radius 1 is 1.47 bits per heavy atom. The van der Waals surface area contributed by atoms with Gasteiger partial charge in [-0.1, -0.05) is 0 Å². The molecular weight excluding hydrogens is 250 g/mol. The SMILES string of the molecule is O=C(O)c1ccc(S(=O)(=O)Nc2cn[nH]c2)o1. The van der Waals surface area contributed by atoms with E-state index < -0.39 is 26.8 Å². The van der Waals surface area contributed by atoms with Crippen molar-refractivity contribution in [2.45, 2.75) is 5.09 Å². The van der Waals surface area contributed by atoms with E-state index in [0.717, 1.165) is 12.1 Å². The first-order chi connectivity index (χ1) is 7.99. The lowest BCUT2D eigenvalue weighted by atomic mass is 10.5. The highest BCUT2D eigenvalue weighted by atomic mass is 32.2. The molecule has 0 amide bonds. The van der Waals surface area contributed by atoms with Crippen molar-refractivity contribution < 1.29 is 22.7 Å². The number of H-pyrrole nitrogens is 1. The average Bonchev–Trinajstić information content (AvgIpc) is 2.84. The third-order valence-corrected chi connectivity index (χ3v) is 3.06. The standard InChI is InChI=1S/C8H7N3O5S/c12-8(13)6-1-2-7(16-6)17(14,15)11-5-3-9-10-4-5/h1-4,11H,(H,9,10)(H,12,13). The van der Waals surface area contributed by atoms with Gasteiger partial charge in [-0.15, -0.1) is 0 Å². The molecule has 0 saturated carbocycles. The van der Waals surface area contributed by atoms with Crippen molar-refractivity contribution in [3.05, 3.63) is 30.3 Å². The van der Waals surface area contributed by atoms with E-state index in [0.29, 0.717) is 0 Å². The number of anilines is 1. The van der Waals surface area contributed by atoms with E-state index in [4.69, 9.17) is 5.11 Å². The third-order valence-electron chi connectivity index (χ3n) is 1.81. The van der Waals surface area contributed by atoms with Crippen LogP contribution in [-0.4, -0.2) is 29.7 Å². The topological polar surface area (TPSA) is 125 Å². The Morgan fingerprint density at radius 2 is 2.24 bits per heavy atom. The monoisotopic (exact) mass is 257 g/mol. The van der Waals surface area contributed by atoms with Crippen LogP contribution >= 0.6 is 0 Å². The van der Waals surface area contributed by atoms with E-state index in [9.17, 15) is 13.2 Å².